The fraction of sp³-hybridized carbons (Fsp3) is 0.211. The summed E-state index contributed by atoms with van der Waals surface area (Å²) in [5.41, 5.74) is 2.06. The van der Waals surface area contributed by atoms with Gasteiger partial charge in [0.05, 0.1) is 18.7 Å². The Morgan fingerprint density at radius 2 is 1.81 bits per heavy atom. The van der Waals surface area contributed by atoms with E-state index in [0.717, 1.165) is 5.56 Å². The molecule has 0 atom stereocenters. The Morgan fingerprint density at radius 3 is 2.56 bits per heavy atom. The van der Waals surface area contributed by atoms with Crippen LogP contribution in [0.15, 0.2) is 48.5 Å². The van der Waals surface area contributed by atoms with Gasteiger partial charge < -0.3 is 10.1 Å². The van der Waals surface area contributed by atoms with Crippen molar-refractivity contribution in [3.05, 3.63) is 59.7 Å². The van der Waals surface area contributed by atoms with Crippen LogP contribution in [0, 0.1) is 0 Å². The third kappa shape index (κ3) is 4.00. The minimum absolute atomic E-state index is 0.0912. The van der Waals surface area contributed by atoms with Crippen molar-refractivity contribution < 1.29 is 14.3 Å². The molecule has 1 aromatic heterocycles. The smallest absolute Gasteiger partial charge is 0.337 e. The first-order valence-electron chi connectivity index (χ1n) is 8.37. The highest BCUT2D eigenvalue weighted by atomic mass is 16.5. The van der Waals surface area contributed by atoms with Crippen LogP contribution in [0.4, 0.5) is 5.69 Å². The molecule has 0 radical (unpaired) electrons. The Bertz CT molecular complexity index is 981. The van der Waals surface area contributed by atoms with Crippen molar-refractivity contribution in [2.45, 2.75) is 19.9 Å². The van der Waals surface area contributed by atoms with Crippen molar-refractivity contribution >= 4 is 17.6 Å². The predicted molar refractivity (Wildman–Crippen MR) is 99.4 cm³/mol. The SMILES string of the molecule is COC(=O)c1cccc(NC(=O)c2cccc(-c3nnnn3C(C)C)c2)c1. The molecule has 8 nitrogen and oxygen atoms in total. The van der Waals surface area contributed by atoms with Gasteiger partial charge in [-0.2, -0.15) is 0 Å². The van der Waals surface area contributed by atoms with Gasteiger partial charge in [-0.1, -0.05) is 18.2 Å². The lowest BCUT2D eigenvalue weighted by Crippen LogP contribution is -2.13. The van der Waals surface area contributed by atoms with E-state index in [-0.39, 0.29) is 11.9 Å². The highest BCUT2D eigenvalue weighted by Crippen LogP contribution is 2.21. The zero-order valence-electron chi connectivity index (χ0n) is 15.2. The van der Waals surface area contributed by atoms with Crippen molar-refractivity contribution in [3.8, 4) is 11.4 Å². The van der Waals surface area contributed by atoms with Gasteiger partial charge in [0.15, 0.2) is 5.82 Å². The van der Waals surface area contributed by atoms with Crippen LogP contribution in [0.5, 0.6) is 0 Å². The average molecular weight is 365 g/mol. The van der Waals surface area contributed by atoms with Crippen molar-refractivity contribution in [2.24, 2.45) is 0 Å². The number of methoxy groups -OCH3 is 1. The maximum Gasteiger partial charge on any atom is 0.337 e. The Kier molecular flexibility index (Phi) is 5.25. The number of nitrogens with one attached hydrogen (secondary N) is 1. The molecule has 3 aromatic rings. The minimum atomic E-state index is -0.464. The van der Waals surface area contributed by atoms with Crippen molar-refractivity contribution in [2.75, 3.05) is 12.4 Å². The number of amides is 1. The van der Waals surface area contributed by atoms with Crippen LogP contribution in [-0.2, 0) is 4.74 Å². The van der Waals surface area contributed by atoms with Crippen LogP contribution in [0.3, 0.4) is 0 Å². The van der Waals surface area contributed by atoms with Crippen LogP contribution in [0.2, 0.25) is 0 Å². The van der Waals surface area contributed by atoms with Crippen molar-refractivity contribution in [3.63, 3.8) is 0 Å². The molecule has 1 N–H and O–H groups in total. The number of esters is 1. The molecule has 0 spiro atoms. The van der Waals surface area contributed by atoms with Gasteiger partial charge in [0, 0.05) is 16.8 Å². The van der Waals surface area contributed by atoms with E-state index in [1.54, 1.807) is 47.1 Å². The van der Waals surface area contributed by atoms with Gasteiger partial charge in [0.25, 0.3) is 5.91 Å². The van der Waals surface area contributed by atoms with E-state index in [0.29, 0.717) is 22.6 Å². The summed E-state index contributed by atoms with van der Waals surface area (Å²) in [5, 5.41) is 14.5. The second-order valence-corrected chi connectivity index (χ2v) is 6.15. The number of benzene rings is 2. The van der Waals surface area contributed by atoms with E-state index >= 15 is 0 Å². The number of ether oxygens (including phenoxy) is 1. The lowest BCUT2D eigenvalue weighted by molar-refractivity contribution is 0.0600. The van der Waals surface area contributed by atoms with Crippen molar-refractivity contribution in [1.29, 1.82) is 0 Å². The fourth-order valence-electron chi connectivity index (χ4n) is 2.58. The van der Waals surface area contributed by atoms with E-state index in [1.165, 1.54) is 7.11 Å². The number of rotatable bonds is 5. The molecule has 0 unspecified atom stereocenters. The second-order valence-electron chi connectivity index (χ2n) is 6.15. The molecule has 3 rings (SSSR count). The van der Waals surface area contributed by atoms with Gasteiger partial charge in [-0.3, -0.25) is 4.79 Å². The first-order chi connectivity index (χ1) is 13.0. The molecule has 0 aliphatic rings. The summed E-state index contributed by atoms with van der Waals surface area (Å²) < 4.78 is 6.39. The van der Waals surface area contributed by atoms with E-state index in [9.17, 15) is 9.59 Å². The van der Waals surface area contributed by atoms with Crippen LogP contribution >= 0.6 is 0 Å². The van der Waals surface area contributed by atoms with Crippen LogP contribution in [-0.4, -0.2) is 39.2 Å². The van der Waals surface area contributed by atoms with Crippen LogP contribution in [0.25, 0.3) is 11.4 Å². The molecule has 0 aliphatic heterocycles. The summed E-state index contributed by atoms with van der Waals surface area (Å²) >= 11 is 0. The summed E-state index contributed by atoms with van der Waals surface area (Å²) in [6.45, 7) is 3.95. The molecule has 2 aromatic carbocycles. The second kappa shape index (κ2) is 7.77. The Balaban J connectivity index is 1.84. The number of hydrogen-bond acceptors (Lipinski definition) is 6. The normalized spacial score (nSPS) is 10.7. The van der Waals surface area contributed by atoms with Crippen LogP contribution in [0.1, 0.15) is 40.6 Å². The monoisotopic (exact) mass is 365 g/mol. The predicted octanol–water partition coefficient (Wildman–Crippen LogP) is 2.96. The van der Waals surface area contributed by atoms with Gasteiger partial charge in [0.2, 0.25) is 0 Å². The van der Waals surface area contributed by atoms with Gasteiger partial charge in [-0.05, 0) is 54.6 Å². The van der Waals surface area contributed by atoms with Gasteiger partial charge in [-0.15, -0.1) is 5.10 Å². The number of anilines is 1. The molecule has 0 aliphatic carbocycles. The number of hydrogen-bond donors (Lipinski definition) is 1. The van der Waals surface area contributed by atoms with E-state index in [4.69, 9.17) is 4.74 Å². The zero-order chi connectivity index (χ0) is 19.4. The Hall–Kier alpha value is -3.55. The molecule has 27 heavy (non-hydrogen) atoms. The molecule has 0 saturated carbocycles. The number of carbonyl (C=O) groups excluding carboxylic acids is 2. The van der Waals surface area contributed by atoms with Crippen molar-refractivity contribution in [1.82, 2.24) is 20.2 Å². The highest BCUT2D eigenvalue weighted by molar-refractivity contribution is 6.05. The van der Waals surface area contributed by atoms with E-state index in [2.05, 4.69) is 20.8 Å². The first kappa shape index (κ1) is 18.2. The average Bonchev–Trinajstić information content (AvgIpc) is 3.18. The molecule has 8 heteroatoms. The van der Waals surface area contributed by atoms with E-state index in [1.807, 2.05) is 19.9 Å². The highest BCUT2D eigenvalue weighted by Gasteiger charge is 2.14. The maximum absolute atomic E-state index is 12.6. The van der Waals surface area contributed by atoms with Gasteiger partial charge >= 0.3 is 5.97 Å². The lowest BCUT2D eigenvalue weighted by atomic mass is 10.1. The molecular weight excluding hydrogens is 346 g/mol. The van der Waals surface area contributed by atoms with Gasteiger partial charge in [-0.25, -0.2) is 9.48 Å². The Morgan fingerprint density at radius 1 is 1.07 bits per heavy atom. The van der Waals surface area contributed by atoms with Crippen LogP contribution < -0.4 is 5.32 Å². The first-order valence-corrected chi connectivity index (χ1v) is 8.37. The lowest BCUT2D eigenvalue weighted by Gasteiger charge is -2.10. The summed E-state index contributed by atoms with van der Waals surface area (Å²) in [6.07, 6.45) is 0. The number of nitrogens with zero attached hydrogens (tertiary/aromatic N) is 4. The number of aromatic nitrogens is 4. The third-order valence-corrected chi connectivity index (χ3v) is 3.91. The van der Waals surface area contributed by atoms with E-state index < -0.39 is 5.97 Å². The minimum Gasteiger partial charge on any atom is -0.465 e. The molecule has 1 amide bonds. The molecular formula is C19H19N5O3. The molecule has 138 valence electrons. The molecule has 1 heterocycles. The fourth-order valence-corrected chi connectivity index (χ4v) is 2.58. The molecule has 0 fully saturated rings. The maximum atomic E-state index is 12.6. The summed E-state index contributed by atoms with van der Waals surface area (Å²) in [7, 11) is 1.31. The van der Waals surface area contributed by atoms with Gasteiger partial charge in [0.1, 0.15) is 0 Å². The largest absolute Gasteiger partial charge is 0.465 e. The third-order valence-electron chi connectivity index (χ3n) is 3.91. The topological polar surface area (TPSA) is 99.0 Å². The molecule has 0 saturated heterocycles. The number of tetrazole rings is 1. The molecule has 0 bridgehead atoms. The standard InChI is InChI=1S/C19H19N5O3/c1-12(2)24-17(21-22-23-24)13-6-4-7-14(10-13)18(25)20-16-9-5-8-15(11-16)19(26)27-3/h4-12H,1-3H3,(H,20,25). The Labute approximate surface area is 156 Å². The zero-order valence-corrected chi connectivity index (χ0v) is 15.2. The quantitative estimate of drug-likeness (QED) is 0.698. The summed E-state index contributed by atoms with van der Waals surface area (Å²) in [4.78, 5) is 24.2. The summed E-state index contributed by atoms with van der Waals surface area (Å²) in [6, 6.07) is 13.7. The summed E-state index contributed by atoms with van der Waals surface area (Å²) in [5.74, 6) is -0.177. The number of carbonyl (C=O) groups is 2.